The third-order valence-electron chi connectivity index (χ3n) is 4.76. The Hall–Kier alpha value is -4.35. The van der Waals surface area contributed by atoms with Gasteiger partial charge in [-0.25, -0.2) is 9.59 Å². The summed E-state index contributed by atoms with van der Waals surface area (Å²) in [7, 11) is 0. The van der Waals surface area contributed by atoms with Gasteiger partial charge < -0.3 is 34.3 Å². The molecule has 0 aromatic carbocycles. The highest BCUT2D eigenvalue weighted by Gasteiger charge is 2.20. The average molecular weight is 590 g/mol. The first-order valence-corrected chi connectivity index (χ1v) is 12.1. The smallest absolute Gasteiger partial charge is 0.330 e. The molecule has 0 aliphatic carbocycles. The summed E-state index contributed by atoms with van der Waals surface area (Å²) in [5.41, 5.74) is 0. The van der Waals surface area contributed by atoms with E-state index >= 15 is 0 Å². The fraction of sp³-hybridized carbons (Fsp3) is 0.542. The molecule has 41 heavy (non-hydrogen) atoms. The molecular formula is C24H35N3O14. The molecule has 0 radical (unpaired) electrons. The zero-order valence-corrected chi connectivity index (χ0v) is 22.4. The topological polar surface area (TPSA) is 227 Å². The zero-order chi connectivity index (χ0) is 31.2. The van der Waals surface area contributed by atoms with Gasteiger partial charge in [-0.1, -0.05) is 13.2 Å². The van der Waals surface area contributed by atoms with Crippen LogP contribution in [-0.2, 0) is 52.5 Å². The molecule has 0 saturated carbocycles. The summed E-state index contributed by atoms with van der Waals surface area (Å²) >= 11 is 0. The van der Waals surface area contributed by atoms with Gasteiger partial charge in [0.25, 0.3) is 0 Å². The first-order chi connectivity index (χ1) is 19.4. The van der Waals surface area contributed by atoms with Crippen LogP contribution in [0.3, 0.4) is 0 Å². The zero-order valence-electron chi connectivity index (χ0n) is 22.4. The number of carbonyl (C=O) groups excluding carboxylic acids is 4. The van der Waals surface area contributed by atoms with Crippen molar-refractivity contribution in [1.82, 2.24) is 14.7 Å². The second kappa shape index (κ2) is 21.5. The molecular weight excluding hydrogens is 554 g/mol. The van der Waals surface area contributed by atoms with E-state index in [2.05, 4.69) is 22.6 Å². The van der Waals surface area contributed by atoms with Crippen LogP contribution in [0.15, 0.2) is 25.3 Å². The highest BCUT2D eigenvalue weighted by Crippen LogP contribution is 1.99. The SMILES string of the molecule is C=CC(=O)OCCOC(=O)CN(CCN(CCN(CC(=O)O)CC(=O)OCCOC(=O)C=C)CC(=O)O)CC(=O)O. The van der Waals surface area contributed by atoms with Crippen LogP contribution in [-0.4, -0.2) is 157 Å². The number of hydrogen-bond acceptors (Lipinski definition) is 14. The Morgan fingerprint density at radius 2 is 0.780 bits per heavy atom. The van der Waals surface area contributed by atoms with Crippen LogP contribution >= 0.6 is 0 Å². The minimum Gasteiger partial charge on any atom is -0.480 e. The second-order valence-electron chi connectivity index (χ2n) is 8.06. The number of carboxylic acid groups (broad SMARTS) is 3. The summed E-state index contributed by atoms with van der Waals surface area (Å²) in [5.74, 6) is -6.77. The maximum atomic E-state index is 12.1. The standard InChI is InChI=1S/C24H35N3O14/c1-3-21(34)38-9-11-40-23(36)16-26(14-19(30)31)7-5-25(13-18(28)29)6-8-27(15-20(32)33)17-24(37)41-12-10-39-22(35)4-2/h3-4H,1-2,5-17H2,(H,28,29)(H,30,31)(H,32,33). The number of carbonyl (C=O) groups is 7. The van der Waals surface area contributed by atoms with Gasteiger partial charge in [0.05, 0.1) is 32.7 Å². The Kier molecular flexibility index (Phi) is 19.2. The van der Waals surface area contributed by atoms with E-state index in [1.165, 1.54) is 14.7 Å². The van der Waals surface area contributed by atoms with E-state index in [1.54, 1.807) is 0 Å². The van der Waals surface area contributed by atoms with E-state index < -0.39 is 74.5 Å². The fourth-order valence-electron chi connectivity index (χ4n) is 3.01. The fourth-order valence-corrected chi connectivity index (χ4v) is 3.01. The molecule has 0 atom stereocenters. The summed E-state index contributed by atoms with van der Waals surface area (Å²) in [6, 6.07) is 0. The minimum absolute atomic E-state index is 0.0379. The molecule has 0 rings (SSSR count). The summed E-state index contributed by atoms with van der Waals surface area (Å²) < 4.78 is 19.1. The molecule has 0 aliphatic heterocycles. The van der Waals surface area contributed by atoms with Crippen molar-refractivity contribution in [3.05, 3.63) is 25.3 Å². The van der Waals surface area contributed by atoms with Crippen molar-refractivity contribution in [1.29, 1.82) is 0 Å². The van der Waals surface area contributed by atoms with Crippen molar-refractivity contribution in [3.8, 4) is 0 Å². The normalized spacial score (nSPS) is 10.6. The van der Waals surface area contributed by atoms with Gasteiger partial charge >= 0.3 is 41.8 Å². The molecule has 0 aliphatic rings. The Morgan fingerprint density at radius 1 is 0.488 bits per heavy atom. The Labute approximate surface area is 235 Å². The number of esters is 4. The first-order valence-electron chi connectivity index (χ1n) is 12.1. The lowest BCUT2D eigenvalue weighted by Gasteiger charge is -2.27. The maximum Gasteiger partial charge on any atom is 0.330 e. The van der Waals surface area contributed by atoms with Crippen LogP contribution in [0.5, 0.6) is 0 Å². The Bertz CT molecular complexity index is 873. The van der Waals surface area contributed by atoms with Crippen molar-refractivity contribution in [2.45, 2.75) is 0 Å². The van der Waals surface area contributed by atoms with E-state index in [-0.39, 0.29) is 52.6 Å². The van der Waals surface area contributed by atoms with Crippen molar-refractivity contribution in [2.24, 2.45) is 0 Å². The maximum absolute atomic E-state index is 12.1. The number of aliphatic carboxylic acids is 3. The summed E-state index contributed by atoms with van der Waals surface area (Å²) in [5, 5.41) is 27.6. The minimum atomic E-state index is -1.26. The number of rotatable bonds is 24. The molecule has 230 valence electrons. The van der Waals surface area contributed by atoms with Crippen LogP contribution in [0, 0.1) is 0 Å². The lowest BCUT2D eigenvalue weighted by atomic mass is 10.3. The quantitative estimate of drug-likeness (QED) is 0.0465. The van der Waals surface area contributed by atoms with Gasteiger partial charge in [-0.2, -0.15) is 0 Å². The number of nitrogens with zero attached hydrogens (tertiary/aromatic N) is 3. The molecule has 17 heteroatoms. The summed E-state index contributed by atoms with van der Waals surface area (Å²) in [6.45, 7) is 2.63. The molecule has 0 amide bonds. The van der Waals surface area contributed by atoms with Crippen molar-refractivity contribution < 1.29 is 67.8 Å². The monoisotopic (exact) mass is 589 g/mol. The molecule has 0 saturated heterocycles. The molecule has 0 bridgehead atoms. The molecule has 0 fully saturated rings. The Balaban J connectivity index is 5.01. The van der Waals surface area contributed by atoms with E-state index in [0.29, 0.717) is 0 Å². The summed E-state index contributed by atoms with van der Waals surface area (Å²) in [4.78, 5) is 83.7. The van der Waals surface area contributed by atoms with Gasteiger partial charge in [0.2, 0.25) is 0 Å². The molecule has 0 aromatic rings. The number of ether oxygens (including phenoxy) is 4. The van der Waals surface area contributed by atoms with Gasteiger partial charge in [0.1, 0.15) is 26.4 Å². The van der Waals surface area contributed by atoms with Crippen LogP contribution in [0.4, 0.5) is 0 Å². The molecule has 0 spiro atoms. The van der Waals surface area contributed by atoms with Gasteiger partial charge in [-0.15, -0.1) is 0 Å². The first kappa shape index (κ1) is 36.6. The molecule has 0 aromatic heterocycles. The van der Waals surface area contributed by atoms with Crippen LogP contribution in [0.2, 0.25) is 0 Å². The second-order valence-corrected chi connectivity index (χ2v) is 8.06. The largest absolute Gasteiger partial charge is 0.480 e. The van der Waals surface area contributed by atoms with Gasteiger partial charge in [0.15, 0.2) is 0 Å². The van der Waals surface area contributed by atoms with Crippen molar-refractivity contribution >= 4 is 41.8 Å². The summed E-state index contributed by atoms with van der Waals surface area (Å²) in [6.07, 6.45) is 1.86. The molecule has 3 N–H and O–H groups in total. The van der Waals surface area contributed by atoms with Crippen molar-refractivity contribution in [3.63, 3.8) is 0 Å². The predicted molar refractivity (Wildman–Crippen MR) is 136 cm³/mol. The average Bonchev–Trinajstić information content (AvgIpc) is 2.89. The lowest BCUT2D eigenvalue weighted by molar-refractivity contribution is -0.151. The highest BCUT2D eigenvalue weighted by atomic mass is 16.6. The van der Waals surface area contributed by atoms with Gasteiger partial charge in [0, 0.05) is 38.3 Å². The number of hydrogen-bond donors (Lipinski definition) is 3. The number of carboxylic acids is 3. The predicted octanol–water partition coefficient (Wildman–Crippen LogP) is -2.31. The van der Waals surface area contributed by atoms with E-state index in [0.717, 1.165) is 12.2 Å². The lowest BCUT2D eigenvalue weighted by Crippen LogP contribution is -2.45. The molecule has 17 nitrogen and oxygen atoms in total. The van der Waals surface area contributed by atoms with Crippen LogP contribution in [0.1, 0.15) is 0 Å². The van der Waals surface area contributed by atoms with Crippen molar-refractivity contribution in [2.75, 3.05) is 85.3 Å². The van der Waals surface area contributed by atoms with Crippen LogP contribution in [0.25, 0.3) is 0 Å². The van der Waals surface area contributed by atoms with E-state index in [4.69, 9.17) is 19.7 Å². The van der Waals surface area contributed by atoms with Gasteiger partial charge in [-0.3, -0.25) is 38.7 Å². The van der Waals surface area contributed by atoms with Gasteiger partial charge in [-0.05, 0) is 0 Å². The van der Waals surface area contributed by atoms with E-state index in [1.807, 2.05) is 0 Å². The molecule has 0 unspecified atom stereocenters. The van der Waals surface area contributed by atoms with E-state index in [9.17, 15) is 38.7 Å². The third kappa shape index (κ3) is 21.2. The third-order valence-corrected chi connectivity index (χ3v) is 4.76. The van der Waals surface area contributed by atoms with Crippen LogP contribution < -0.4 is 0 Å². The Morgan fingerprint density at radius 3 is 1.10 bits per heavy atom. The molecule has 0 heterocycles. The highest BCUT2D eigenvalue weighted by molar-refractivity contribution is 5.81.